The predicted molar refractivity (Wildman–Crippen MR) is 41.5 cm³/mol. The maximum Gasteiger partial charge on any atom is 0.410 e. The van der Waals surface area contributed by atoms with E-state index in [1.54, 1.807) is 0 Å². The standard InChI is InChI=1S/C6H7N5O2/c7-3-1-2-4-10-8-5-6(9-10)11(12)13/h5H,1-2,4H2. The Kier molecular flexibility index (Phi) is 2.92. The van der Waals surface area contributed by atoms with Gasteiger partial charge in [-0.25, -0.2) is 0 Å². The molecule has 1 heterocycles. The molecule has 0 unspecified atom stereocenters. The average Bonchev–Trinajstić information content (AvgIpc) is 2.53. The number of nitro groups is 1. The summed E-state index contributed by atoms with van der Waals surface area (Å²) in [5.74, 6) is -0.267. The summed E-state index contributed by atoms with van der Waals surface area (Å²) in [6.07, 6.45) is 2.09. The molecule has 0 saturated carbocycles. The molecule has 0 atom stereocenters. The van der Waals surface area contributed by atoms with E-state index >= 15 is 0 Å². The third-order valence-electron chi connectivity index (χ3n) is 1.36. The second kappa shape index (κ2) is 4.15. The van der Waals surface area contributed by atoms with E-state index in [2.05, 4.69) is 10.2 Å². The highest BCUT2D eigenvalue weighted by Crippen LogP contribution is 2.02. The van der Waals surface area contributed by atoms with Gasteiger partial charge in [-0.05, 0) is 11.3 Å². The number of hydrogen-bond donors (Lipinski definition) is 0. The minimum Gasteiger partial charge on any atom is -0.358 e. The van der Waals surface area contributed by atoms with Crippen molar-refractivity contribution in [1.29, 1.82) is 5.26 Å². The zero-order chi connectivity index (χ0) is 9.68. The lowest BCUT2D eigenvalue weighted by Gasteiger charge is -1.88. The number of nitrogens with zero attached hydrogens (tertiary/aromatic N) is 5. The summed E-state index contributed by atoms with van der Waals surface area (Å²) in [6, 6.07) is 1.96. The van der Waals surface area contributed by atoms with Crippen LogP contribution in [-0.2, 0) is 6.54 Å². The van der Waals surface area contributed by atoms with E-state index < -0.39 is 4.92 Å². The molecule has 0 aromatic carbocycles. The van der Waals surface area contributed by atoms with Crippen LogP contribution in [0.3, 0.4) is 0 Å². The van der Waals surface area contributed by atoms with Crippen LogP contribution in [0.1, 0.15) is 12.8 Å². The van der Waals surface area contributed by atoms with Crippen LogP contribution in [0.5, 0.6) is 0 Å². The van der Waals surface area contributed by atoms with Crippen molar-refractivity contribution in [2.24, 2.45) is 0 Å². The number of nitriles is 1. The largest absolute Gasteiger partial charge is 0.410 e. The number of hydrogen-bond acceptors (Lipinski definition) is 5. The second-order valence-electron chi connectivity index (χ2n) is 2.32. The molecule has 0 N–H and O–H groups in total. The Bertz CT molecular complexity index is 339. The smallest absolute Gasteiger partial charge is 0.358 e. The first-order chi connectivity index (χ1) is 6.24. The second-order valence-corrected chi connectivity index (χ2v) is 2.32. The van der Waals surface area contributed by atoms with Crippen molar-refractivity contribution in [1.82, 2.24) is 15.0 Å². The molecule has 0 saturated heterocycles. The zero-order valence-electron chi connectivity index (χ0n) is 6.75. The molecule has 0 aliphatic heterocycles. The van der Waals surface area contributed by atoms with Crippen LogP contribution in [0.25, 0.3) is 0 Å². The SMILES string of the molecule is N#CCCCn1ncc([N+](=O)[O-])n1. The van der Waals surface area contributed by atoms with Gasteiger partial charge >= 0.3 is 5.82 Å². The van der Waals surface area contributed by atoms with Crippen molar-refractivity contribution in [3.63, 3.8) is 0 Å². The maximum absolute atomic E-state index is 10.2. The van der Waals surface area contributed by atoms with Gasteiger partial charge in [0.15, 0.2) is 6.20 Å². The molecule has 0 amide bonds. The Hall–Kier alpha value is -1.97. The molecule has 13 heavy (non-hydrogen) atoms. The van der Waals surface area contributed by atoms with E-state index in [-0.39, 0.29) is 5.82 Å². The van der Waals surface area contributed by atoms with Crippen molar-refractivity contribution in [2.45, 2.75) is 19.4 Å². The Labute approximate surface area is 73.7 Å². The number of aromatic nitrogens is 3. The monoisotopic (exact) mass is 181 g/mol. The van der Waals surface area contributed by atoms with Crippen molar-refractivity contribution in [3.8, 4) is 6.07 Å². The number of unbranched alkanes of at least 4 members (excludes halogenated alkanes) is 1. The van der Waals surface area contributed by atoms with Crippen molar-refractivity contribution >= 4 is 5.82 Å². The molecule has 1 aromatic rings. The van der Waals surface area contributed by atoms with Gasteiger partial charge in [-0.2, -0.15) is 5.26 Å². The molecular formula is C6H7N5O2. The minimum absolute atomic E-state index is 0.267. The van der Waals surface area contributed by atoms with Crippen LogP contribution < -0.4 is 0 Å². The highest BCUT2D eigenvalue weighted by atomic mass is 16.6. The molecule has 1 rings (SSSR count). The quantitative estimate of drug-likeness (QED) is 0.382. The predicted octanol–water partition coefficient (Wildman–Crippen LogP) is 0.490. The van der Waals surface area contributed by atoms with E-state index in [9.17, 15) is 10.1 Å². The molecule has 0 spiro atoms. The third-order valence-corrected chi connectivity index (χ3v) is 1.36. The van der Waals surface area contributed by atoms with E-state index in [1.165, 1.54) is 4.80 Å². The lowest BCUT2D eigenvalue weighted by Crippen LogP contribution is -2.02. The fourth-order valence-electron chi connectivity index (χ4n) is 0.779. The van der Waals surface area contributed by atoms with Crippen LogP contribution in [0, 0.1) is 21.4 Å². The van der Waals surface area contributed by atoms with Crippen molar-refractivity contribution < 1.29 is 4.92 Å². The Morgan fingerprint density at radius 3 is 3.08 bits per heavy atom. The third kappa shape index (κ3) is 2.52. The molecular weight excluding hydrogens is 174 g/mol. The van der Waals surface area contributed by atoms with Crippen LogP contribution in [0.15, 0.2) is 6.20 Å². The Balaban J connectivity index is 2.50. The van der Waals surface area contributed by atoms with Gasteiger partial charge in [0, 0.05) is 6.42 Å². The first-order valence-corrected chi connectivity index (χ1v) is 3.65. The van der Waals surface area contributed by atoms with E-state index in [0.717, 1.165) is 6.20 Å². The fourth-order valence-corrected chi connectivity index (χ4v) is 0.779. The lowest BCUT2D eigenvalue weighted by molar-refractivity contribution is -0.389. The highest BCUT2D eigenvalue weighted by molar-refractivity contribution is 5.07. The van der Waals surface area contributed by atoms with Crippen LogP contribution in [0.4, 0.5) is 5.82 Å². The Morgan fingerprint density at radius 1 is 1.77 bits per heavy atom. The summed E-state index contributed by atoms with van der Waals surface area (Å²) in [5, 5.41) is 25.7. The summed E-state index contributed by atoms with van der Waals surface area (Å²) in [6.45, 7) is 0.432. The summed E-state index contributed by atoms with van der Waals surface area (Å²) in [4.78, 5) is 10.8. The van der Waals surface area contributed by atoms with Crippen molar-refractivity contribution in [2.75, 3.05) is 0 Å². The van der Waals surface area contributed by atoms with Gasteiger partial charge in [0.2, 0.25) is 0 Å². The van der Waals surface area contributed by atoms with E-state index in [0.29, 0.717) is 19.4 Å². The van der Waals surface area contributed by atoms with Gasteiger partial charge in [0.1, 0.15) is 0 Å². The van der Waals surface area contributed by atoms with Crippen LogP contribution in [0.2, 0.25) is 0 Å². The summed E-state index contributed by atoms with van der Waals surface area (Å²) in [5.41, 5.74) is 0. The van der Waals surface area contributed by atoms with E-state index in [4.69, 9.17) is 5.26 Å². The molecule has 0 fully saturated rings. The highest BCUT2D eigenvalue weighted by Gasteiger charge is 2.11. The summed E-state index contributed by atoms with van der Waals surface area (Å²) in [7, 11) is 0. The molecule has 0 aliphatic rings. The number of rotatable bonds is 4. The minimum atomic E-state index is -0.603. The van der Waals surface area contributed by atoms with Gasteiger partial charge in [-0.3, -0.25) is 0 Å². The van der Waals surface area contributed by atoms with Crippen LogP contribution >= 0.6 is 0 Å². The fraction of sp³-hybridized carbons (Fsp3) is 0.500. The van der Waals surface area contributed by atoms with Gasteiger partial charge < -0.3 is 10.1 Å². The molecule has 7 heteroatoms. The van der Waals surface area contributed by atoms with Gasteiger partial charge in [-0.1, -0.05) is 4.80 Å². The first kappa shape index (κ1) is 9.12. The maximum atomic E-state index is 10.2. The molecule has 68 valence electrons. The van der Waals surface area contributed by atoms with Gasteiger partial charge in [0.25, 0.3) is 0 Å². The number of aryl methyl sites for hydroxylation is 1. The molecule has 1 aromatic heterocycles. The van der Waals surface area contributed by atoms with Crippen molar-refractivity contribution in [3.05, 3.63) is 16.3 Å². The Morgan fingerprint density at radius 2 is 2.54 bits per heavy atom. The topological polar surface area (TPSA) is 97.6 Å². The molecule has 0 bridgehead atoms. The molecule has 7 nitrogen and oxygen atoms in total. The van der Waals surface area contributed by atoms with Gasteiger partial charge in [0.05, 0.1) is 17.7 Å². The normalized spacial score (nSPS) is 9.46. The summed E-state index contributed by atoms with van der Waals surface area (Å²) >= 11 is 0. The van der Waals surface area contributed by atoms with Gasteiger partial charge in [-0.15, -0.1) is 5.10 Å². The first-order valence-electron chi connectivity index (χ1n) is 3.65. The van der Waals surface area contributed by atoms with Crippen LogP contribution in [-0.4, -0.2) is 19.9 Å². The lowest BCUT2D eigenvalue weighted by atomic mass is 10.3. The zero-order valence-corrected chi connectivity index (χ0v) is 6.75. The average molecular weight is 181 g/mol. The van der Waals surface area contributed by atoms with E-state index in [1.807, 2.05) is 6.07 Å². The molecule has 0 aliphatic carbocycles. The summed E-state index contributed by atoms with van der Waals surface area (Å²) < 4.78 is 0. The molecule has 0 radical (unpaired) electrons.